The second kappa shape index (κ2) is 23.9. The first-order valence-corrected chi connectivity index (χ1v) is 25.8. The minimum absolute atomic E-state index is 0.0100. The first-order chi connectivity index (χ1) is 34.9. The average molecular weight is 955 g/mol. The molecule has 0 unspecified atom stereocenters. The monoisotopic (exact) mass is 955 g/mol. The number of rotatable bonds is 14. The normalized spacial score (nSPS) is 11.4. The second-order valence-electron chi connectivity index (χ2n) is 19.8. The molecule has 2 amide bonds. The fourth-order valence-electron chi connectivity index (χ4n) is 10.3. The van der Waals surface area contributed by atoms with Crippen LogP contribution in [0, 0.1) is 0 Å². The Hall–Kier alpha value is -7.12. The van der Waals surface area contributed by atoms with E-state index in [1.807, 2.05) is 75.9 Å². The molecule has 0 saturated heterocycles. The molecule has 9 aromatic rings. The van der Waals surface area contributed by atoms with Crippen LogP contribution in [0.4, 0.5) is 0 Å². The van der Waals surface area contributed by atoms with Crippen molar-refractivity contribution in [2.75, 3.05) is 28.2 Å². The summed E-state index contributed by atoms with van der Waals surface area (Å²) >= 11 is 0. The molecule has 6 heteroatoms. The smallest absolute Gasteiger partial charge is 0.255 e. The van der Waals surface area contributed by atoms with Crippen LogP contribution in [0.25, 0.3) is 43.1 Å². The molecule has 0 atom stereocenters. The van der Waals surface area contributed by atoms with Crippen molar-refractivity contribution in [3.63, 3.8) is 0 Å². The van der Waals surface area contributed by atoms with Gasteiger partial charge in [-0.3, -0.25) is 19.4 Å². The zero-order valence-electron chi connectivity index (χ0n) is 44.6. The maximum Gasteiger partial charge on any atom is 0.255 e. The topological polar surface area (TPSA) is 47.1 Å². The lowest BCUT2D eigenvalue weighted by Crippen LogP contribution is -2.29. The Morgan fingerprint density at radius 2 is 0.681 bits per heavy atom. The van der Waals surface area contributed by atoms with E-state index in [4.69, 9.17) is 0 Å². The molecular formula is C66H74N4O2. The van der Waals surface area contributed by atoms with E-state index in [0.717, 1.165) is 97.1 Å². The predicted molar refractivity (Wildman–Crippen MR) is 306 cm³/mol. The summed E-state index contributed by atoms with van der Waals surface area (Å²) < 4.78 is 0. The van der Waals surface area contributed by atoms with Gasteiger partial charge in [0, 0.05) is 53.4 Å². The van der Waals surface area contributed by atoms with Crippen molar-refractivity contribution in [2.24, 2.45) is 0 Å². The lowest BCUT2D eigenvalue weighted by Gasteiger charge is -2.28. The molecule has 0 saturated carbocycles. The van der Waals surface area contributed by atoms with Gasteiger partial charge in [0.15, 0.2) is 0 Å². The number of carbonyl (C=O) groups is 2. The number of hydrogen-bond acceptors (Lipinski definition) is 4. The molecule has 0 aliphatic carbocycles. The summed E-state index contributed by atoms with van der Waals surface area (Å²) in [4.78, 5) is 38.2. The van der Waals surface area contributed by atoms with Gasteiger partial charge >= 0.3 is 0 Å². The molecule has 0 aromatic heterocycles. The van der Waals surface area contributed by atoms with Crippen molar-refractivity contribution in [2.45, 2.75) is 93.1 Å². The van der Waals surface area contributed by atoms with Crippen LogP contribution in [0.1, 0.15) is 108 Å². The highest BCUT2D eigenvalue weighted by Gasteiger charge is 2.27. The molecule has 0 radical (unpaired) electrons. The van der Waals surface area contributed by atoms with Gasteiger partial charge in [0.1, 0.15) is 0 Å². The third-order valence-corrected chi connectivity index (χ3v) is 13.5. The fourth-order valence-corrected chi connectivity index (χ4v) is 10.3. The minimum atomic E-state index is -0.222. The molecule has 0 aliphatic heterocycles. The Balaban J connectivity index is 0.00000186. The molecule has 370 valence electrons. The van der Waals surface area contributed by atoms with E-state index in [-0.39, 0.29) is 17.2 Å². The Labute approximate surface area is 429 Å². The van der Waals surface area contributed by atoms with Crippen LogP contribution >= 0.6 is 0 Å². The van der Waals surface area contributed by atoms with Crippen molar-refractivity contribution in [1.82, 2.24) is 19.6 Å². The van der Waals surface area contributed by atoms with Crippen LogP contribution in [0.15, 0.2) is 176 Å². The number of carbonyl (C=O) groups excluding carboxylic acids is 2. The first-order valence-electron chi connectivity index (χ1n) is 25.8. The van der Waals surface area contributed by atoms with E-state index in [2.05, 4.69) is 196 Å². The van der Waals surface area contributed by atoms with Crippen LogP contribution in [0.5, 0.6) is 0 Å². The Kier molecular flexibility index (Phi) is 17.5. The van der Waals surface area contributed by atoms with E-state index in [1.165, 1.54) is 22.3 Å². The van der Waals surface area contributed by atoms with Crippen LogP contribution in [-0.2, 0) is 44.7 Å². The zero-order valence-corrected chi connectivity index (χ0v) is 44.6. The summed E-state index contributed by atoms with van der Waals surface area (Å²) in [5, 5.41) is 8.28. The van der Waals surface area contributed by atoms with E-state index in [0.29, 0.717) is 13.1 Å². The van der Waals surface area contributed by atoms with Crippen LogP contribution in [0.3, 0.4) is 0 Å². The summed E-state index contributed by atoms with van der Waals surface area (Å²) in [6, 6.07) is 61.1. The molecule has 9 rings (SSSR count). The Bertz CT molecular complexity index is 3170. The van der Waals surface area contributed by atoms with Gasteiger partial charge in [-0.1, -0.05) is 224 Å². The maximum atomic E-state index is 14.9. The van der Waals surface area contributed by atoms with Crippen molar-refractivity contribution >= 4 is 54.9 Å². The molecule has 72 heavy (non-hydrogen) atoms. The highest BCUT2D eigenvalue weighted by Crippen LogP contribution is 2.37. The lowest BCUT2D eigenvalue weighted by atomic mass is 9.82. The Morgan fingerprint density at radius 3 is 1.03 bits per heavy atom. The molecule has 0 heterocycles. The van der Waals surface area contributed by atoms with Crippen LogP contribution in [-0.4, -0.2) is 59.6 Å². The first kappa shape index (κ1) is 52.7. The summed E-state index contributed by atoms with van der Waals surface area (Å²) in [6.07, 6.45) is 0. The quantitative estimate of drug-likeness (QED) is 0.102. The van der Waals surface area contributed by atoms with Gasteiger partial charge in [-0.15, -0.1) is 0 Å². The number of fused-ring (bicyclic) bond motifs is 4. The molecule has 9 aromatic carbocycles. The summed E-state index contributed by atoms with van der Waals surface area (Å²) in [6.45, 7) is 18.7. The number of amides is 2. The highest BCUT2D eigenvalue weighted by atomic mass is 16.2. The molecule has 0 fully saturated rings. The van der Waals surface area contributed by atoms with Crippen molar-refractivity contribution in [3.8, 4) is 0 Å². The second-order valence-corrected chi connectivity index (χ2v) is 19.8. The van der Waals surface area contributed by atoms with E-state index in [1.54, 1.807) is 0 Å². The summed E-state index contributed by atoms with van der Waals surface area (Å²) in [5.41, 5.74) is 9.51. The fraction of sp³-hybridized carbons (Fsp3) is 0.273. The van der Waals surface area contributed by atoms with E-state index >= 15 is 0 Å². The van der Waals surface area contributed by atoms with Crippen molar-refractivity contribution in [3.05, 3.63) is 226 Å². The molecular weight excluding hydrogens is 881 g/mol. The van der Waals surface area contributed by atoms with Crippen LogP contribution < -0.4 is 0 Å². The van der Waals surface area contributed by atoms with Gasteiger partial charge in [-0.25, -0.2) is 0 Å². The Morgan fingerprint density at radius 1 is 0.361 bits per heavy atom. The van der Waals surface area contributed by atoms with Crippen molar-refractivity contribution < 1.29 is 9.59 Å². The van der Waals surface area contributed by atoms with E-state index < -0.39 is 0 Å². The number of benzene rings is 9. The van der Waals surface area contributed by atoms with Crippen LogP contribution in [0.2, 0.25) is 0 Å². The average Bonchev–Trinajstić information content (AvgIpc) is 3.40. The number of nitrogens with zero attached hydrogens (tertiary/aromatic N) is 4. The van der Waals surface area contributed by atoms with E-state index in [9.17, 15) is 9.59 Å². The van der Waals surface area contributed by atoms with Gasteiger partial charge in [0.25, 0.3) is 11.8 Å². The molecule has 0 aliphatic rings. The third kappa shape index (κ3) is 11.6. The van der Waals surface area contributed by atoms with Gasteiger partial charge in [-0.2, -0.15) is 0 Å². The molecule has 0 N–H and O–H groups in total. The lowest BCUT2D eigenvalue weighted by molar-refractivity contribution is 0.0780. The molecule has 0 spiro atoms. The highest BCUT2D eigenvalue weighted by molar-refractivity contribution is 6.21. The standard InChI is InChI=1S/C62H62N4O2.2C2H6/c1-62(2,3)57-36-45(39-65(6)60(67)58-51-30-18-14-26-47(51)55(48-27-15-19-31-52(48)58)41-63(4)37-43-22-10-8-11-23-43)34-35-46(57)40-66(7)61(68)59-53-32-20-16-28-49(53)56(50-29-17-21-33-54(50)59)42-64(5)38-44-24-12-9-13-25-44;2*1-2/h8-36H,37-42H2,1-7H3;2*1-2H3. The summed E-state index contributed by atoms with van der Waals surface area (Å²) in [5.74, 6) is -0.0224. The predicted octanol–water partition coefficient (Wildman–Crippen LogP) is 15.5. The van der Waals surface area contributed by atoms with Gasteiger partial charge < -0.3 is 9.80 Å². The third-order valence-electron chi connectivity index (χ3n) is 13.5. The largest absolute Gasteiger partial charge is 0.337 e. The van der Waals surface area contributed by atoms with Crippen molar-refractivity contribution in [1.29, 1.82) is 0 Å². The summed E-state index contributed by atoms with van der Waals surface area (Å²) in [7, 11) is 8.15. The maximum absolute atomic E-state index is 14.9. The molecule has 6 nitrogen and oxygen atoms in total. The van der Waals surface area contributed by atoms with Gasteiger partial charge in [-0.05, 0) is 102 Å². The minimum Gasteiger partial charge on any atom is -0.337 e. The zero-order chi connectivity index (χ0) is 51.5. The van der Waals surface area contributed by atoms with Gasteiger partial charge in [0.05, 0.1) is 11.1 Å². The SMILES string of the molecule is CC.CC.CN(Cc1ccccc1)Cc1c2ccccc2c(C(=O)N(C)Cc2ccc(CN(C)C(=O)c3c4ccccc4c(CN(C)Cc4ccccc4)c4ccccc34)c(C(C)(C)C)c2)c2ccccc12. The van der Waals surface area contributed by atoms with Gasteiger partial charge in [0.2, 0.25) is 0 Å². The number of hydrogen-bond donors (Lipinski definition) is 0. The molecule has 0 bridgehead atoms.